The van der Waals surface area contributed by atoms with Crippen LogP contribution >= 0.6 is 11.3 Å². The van der Waals surface area contributed by atoms with Crippen LogP contribution in [0.1, 0.15) is 5.56 Å². The van der Waals surface area contributed by atoms with E-state index < -0.39 is 0 Å². The summed E-state index contributed by atoms with van der Waals surface area (Å²) < 4.78 is 3.35. The Labute approximate surface area is 125 Å². The molecule has 2 aromatic carbocycles. The number of thiophene rings is 1. The van der Waals surface area contributed by atoms with Gasteiger partial charge in [-0.05, 0) is 24.3 Å². The Bertz CT molecular complexity index is 1020. The zero-order valence-corrected chi connectivity index (χ0v) is 12.2. The zero-order chi connectivity index (χ0) is 14.4. The van der Waals surface area contributed by atoms with Crippen LogP contribution in [-0.2, 0) is 7.05 Å². The van der Waals surface area contributed by atoms with E-state index >= 15 is 0 Å². The first-order valence-electron chi connectivity index (χ1n) is 6.61. The summed E-state index contributed by atoms with van der Waals surface area (Å²) in [5.74, 6) is 0.942. The minimum atomic E-state index is 0.641. The van der Waals surface area contributed by atoms with E-state index in [9.17, 15) is 0 Å². The van der Waals surface area contributed by atoms with E-state index in [2.05, 4.69) is 40.3 Å². The summed E-state index contributed by atoms with van der Waals surface area (Å²) in [6.45, 7) is 0. The van der Waals surface area contributed by atoms with Crippen LogP contribution < -0.4 is 0 Å². The number of fused-ring (bicyclic) bond motifs is 2. The zero-order valence-electron chi connectivity index (χ0n) is 11.4. The van der Waals surface area contributed by atoms with Gasteiger partial charge in [0.05, 0.1) is 22.7 Å². The van der Waals surface area contributed by atoms with Crippen molar-refractivity contribution in [2.75, 3.05) is 0 Å². The number of nitriles is 1. The number of hydrogen-bond acceptors (Lipinski definition) is 3. The standard InChI is InChI=1S/C17H11N3S/c1-20-15-7-6-11(9-18)8-14(15)19-17(20)13-10-21-16-5-3-2-4-12(13)16/h2-8,10H,1H3. The van der Waals surface area contributed by atoms with E-state index in [4.69, 9.17) is 10.2 Å². The molecule has 0 unspecified atom stereocenters. The Morgan fingerprint density at radius 2 is 2.05 bits per heavy atom. The van der Waals surface area contributed by atoms with Crippen molar-refractivity contribution in [2.24, 2.45) is 7.05 Å². The first-order chi connectivity index (χ1) is 10.3. The van der Waals surface area contributed by atoms with Crippen LogP contribution in [0.2, 0.25) is 0 Å². The third-order valence-corrected chi connectivity index (χ3v) is 4.70. The fourth-order valence-corrected chi connectivity index (χ4v) is 3.60. The molecule has 0 aliphatic rings. The van der Waals surface area contributed by atoms with Crippen molar-refractivity contribution in [3.05, 3.63) is 53.4 Å². The molecule has 4 aromatic rings. The van der Waals surface area contributed by atoms with Crippen molar-refractivity contribution < 1.29 is 0 Å². The number of benzene rings is 2. The second kappa shape index (κ2) is 4.44. The molecule has 0 bridgehead atoms. The molecular formula is C17H11N3S. The van der Waals surface area contributed by atoms with Crippen molar-refractivity contribution >= 4 is 32.5 Å². The summed E-state index contributed by atoms with van der Waals surface area (Å²) in [6.07, 6.45) is 0. The number of imidazole rings is 1. The maximum Gasteiger partial charge on any atom is 0.142 e. The predicted molar refractivity (Wildman–Crippen MR) is 86.2 cm³/mol. The van der Waals surface area contributed by atoms with Gasteiger partial charge < -0.3 is 4.57 Å². The van der Waals surface area contributed by atoms with Crippen LogP contribution in [-0.4, -0.2) is 9.55 Å². The number of aryl methyl sites for hydroxylation is 1. The maximum atomic E-state index is 9.02. The molecule has 0 fully saturated rings. The van der Waals surface area contributed by atoms with Gasteiger partial charge in [0.1, 0.15) is 5.82 Å². The van der Waals surface area contributed by atoms with E-state index in [-0.39, 0.29) is 0 Å². The number of nitrogens with zero attached hydrogens (tertiary/aromatic N) is 3. The summed E-state index contributed by atoms with van der Waals surface area (Å²) in [5, 5.41) is 12.4. The topological polar surface area (TPSA) is 41.6 Å². The Balaban J connectivity index is 2.02. The monoisotopic (exact) mass is 289 g/mol. The highest BCUT2D eigenvalue weighted by Gasteiger charge is 2.14. The summed E-state index contributed by atoms with van der Waals surface area (Å²) in [6, 6.07) is 16.1. The van der Waals surface area contributed by atoms with Gasteiger partial charge in [-0.3, -0.25) is 0 Å². The lowest BCUT2D eigenvalue weighted by atomic mass is 10.2. The summed E-state index contributed by atoms with van der Waals surface area (Å²) >= 11 is 1.73. The second-order valence-corrected chi connectivity index (χ2v) is 5.87. The largest absolute Gasteiger partial charge is 0.327 e. The number of hydrogen-bond donors (Lipinski definition) is 0. The van der Waals surface area contributed by atoms with Crippen molar-refractivity contribution in [1.82, 2.24) is 9.55 Å². The van der Waals surface area contributed by atoms with Gasteiger partial charge in [0.15, 0.2) is 0 Å². The average Bonchev–Trinajstić information content (AvgIpc) is 3.08. The van der Waals surface area contributed by atoms with Crippen molar-refractivity contribution in [1.29, 1.82) is 5.26 Å². The molecule has 4 rings (SSSR count). The molecule has 21 heavy (non-hydrogen) atoms. The molecule has 0 aliphatic carbocycles. The van der Waals surface area contributed by atoms with Gasteiger partial charge in [0.2, 0.25) is 0 Å². The molecule has 0 aliphatic heterocycles. The first-order valence-corrected chi connectivity index (χ1v) is 7.49. The lowest BCUT2D eigenvalue weighted by Gasteiger charge is -2.01. The minimum absolute atomic E-state index is 0.641. The highest BCUT2D eigenvalue weighted by Crippen LogP contribution is 2.34. The van der Waals surface area contributed by atoms with E-state index in [1.165, 1.54) is 10.1 Å². The van der Waals surface area contributed by atoms with Crippen molar-refractivity contribution in [3.8, 4) is 17.5 Å². The summed E-state index contributed by atoms with van der Waals surface area (Å²) in [4.78, 5) is 4.73. The van der Waals surface area contributed by atoms with E-state index in [1.54, 1.807) is 11.3 Å². The Kier molecular flexibility index (Phi) is 2.56. The molecule has 2 heterocycles. The normalized spacial score (nSPS) is 11.0. The van der Waals surface area contributed by atoms with E-state index in [1.807, 2.05) is 25.2 Å². The Hall–Kier alpha value is -2.64. The van der Waals surface area contributed by atoms with E-state index in [0.29, 0.717) is 5.56 Å². The third-order valence-electron chi connectivity index (χ3n) is 3.73. The van der Waals surface area contributed by atoms with Crippen LogP contribution in [0.3, 0.4) is 0 Å². The lowest BCUT2D eigenvalue weighted by molar-refractivity contribution is 0.961. The van der Waals surface area contributed by atoms with Crippen LogP contribution in [0.15, 0.2) is 47.8 Å². The minimum Gasteiger partial charge on any atom is -0.327 e. The van der Waals surface area contributed by atoms with Crippen LogP contribution in [0.5, 0.6) is 0 Å². The molecule has 0 N–H and O–H groups in total. The molecule has 0 atom stereocenters. The number of rotatable bonds is 1. The van der Waals surface area contributed by atoms with Gasteiger partial charge in [-0.15, -0.1) is 11.3 Å². The fraction of sp³-hybridized carbons (Fsp3) is 0.0588. The molecular weight excluding hydrogens is 278 g/mol. The first kappa shape index (κ1) is 12.1. The van der Waals surface area contributed by atoms with Gasteiger partial charge in [-0.25, -0.2) is 4.98 Å². The molecule has 3 nitrogen and oxygen atoms in total. The SMILES string of the molecule is Cn1c(-c2csc3ccccc23)nc2cc(C#N)ccc21. The summed E-state index contributed by atoms with van der Waals surface area (Å²) in [7, 11) is 2.02. The highest BCUT2D eigenvalue weighted by atomic mass is 32.1. The molecule has 100 valence electrons. The second-order valence-electron chi connectivity index (χ2n) is 4.96. The third kappa shape index (κ3) is 1.75. The van der Waals surface area contributed by atoms with Crippen LogP contribution in [0.4, 0.5) is 0 Å². The Morgan fingerprint density at radius 1 is 1.19 bits per heavy atom. The van der Waals surface area contributed by atoms with Gasteiger partial charge in [-0.1, -0.05) is 18.2 Å². The van der Waals surface area contributed by atoms with Crippen molar-refractivity contribution in [3.63, 3.8) is 0 Å². The smallest absolute Gasteiger partial charge is 0.142 e. The molecule has 0 saturated carbocycles. The average molecular weight is 289 g/mol. The molecule has 0 spiro atoms. The Morgan fingerprint density at radius 3 is 2.90 bits per heavy atom. The molecule has 0 amide bonds. The van der Waals surface area contributed by atoms with Gasteiger partial charge in [-0.2, -0.15) is 5.26 Å². The number of aromatic nitrogens is 2. The quantitative estimate of drug-likeness (QED) is 0.523. The molecule has 0 saturated heterocycles. The summed E-state index contributed by atoms with van der Waals surface area (Å²) in [5.41, 5.74) is 3.69. The van der Waals surface area contributed by atoms with Crippen LogP contribution in [0, 0.1) is 11.3 Å². The van der Waals surface area contributed by atoms with Crippen LogP contribution in [0.25, 0.3) is 32.5 Å². The fourth-order valence-electron chi connectivity index (χ4n) is 2.66. The molecule has 2 aromatic heterocycles. The predicted octanol–water partition coefficient (Wildman–Crippen LogP) is 4.33. The van der Waals surface area contributed by atoms with E-state index in [0.717, 1.165) is 22.4 Å². The van der Waals surface area contributed by atoms with Gasteiger partial charge in [0, 0.05) is 28.1 Å². The molecule has 0 radical (unpaired) electrons. The lowest BCUT2D eigenvalue weighted by Crippen LogP contribution is -1.91. The highest BCUT2D eigenvalue weighted by molar-refractivity contribution is 7.17. The van der Waals surface area contributed by atoms with Crippen molar-refractivity contribution in [2.45, 2.75) is 0 Å². The maximum absolute atomic E-state index is 9.02. The molecule has 4 heteroatoms. The van der Waals surface area contributed by atoms with Gasteiger partial charge in [0.25, 0.3) is 0 Å². The van der Waals surface area contributed by atoms with Gasteiger partial charge >= 0.3 is 0 Å².